The smallest absolute Gasteiger partial charge is 0.224 e. The standard InChI is InChI=1S/C21H22FN3O/c22-17-5-7-18(8-6-17)25-10-9-15(14-25)12-24-21(26)11-16-13-23-20-4-2-1-3-19(16)20/h1-8,13,15,23H,9-12,14H2,(H,24,26). The molecule has 1 aliphatic heterocycles. The van der Waals surface area contributed by atoms with Gasteiger partial charge in [-0.05, 0) is 48.2 Å². The maximum Gasteiger partial charge on any atom is 0.224 e. The Kier molecular flexibility index (Phi) is 4.61. The van der Waals surface area contributed by atoms with Crippen LogP contribution in [0.2, 0.25) is 0 Å². The number of fused-ring (bicyclic) bond motifs is 1. The van der Waals surface area contributed by atoms with E-state index in [1.54, 1.807) is 0 Å². The first kappa shape index (κ1) is 16.6. The molecule has 1 saturated heterocycles. The number of carbonyl (C=O) groups is 1. The normalized spacial score (nSPS) is 17.0. The van der Waals surface area contributed by atoms with Crippen LogP contribution in [0, 0.1) is 11.7 Å². The Bertz CT molecular complexity index is 903. The summed E-state index contributed by atoms with van der Waals surface area (Å²) in [7, 11) is 0. The van der Waals surface area contributed by atoms with Gasteiger partial charge in [0.25, 0.3) is 0 Å². The summed E-state index contributed by atoms with van der Waals surface area (Å²) in [5.74, 6) is 0.260. The summed E-state index contributed by atoms with van der Waals surface area (Å²) in [6, 6.07) is 14.6. The zero-order valence-corrected chi connectivity index (χ0v) is 14.5. The molecule has 0 bridgehead atoms. The van der Waals surface area contributed by atoms with Crippen LogP contribution in [0.25, 0.3) is 10.9 Å². The van der Waals surface area contributed by atoms with Crippen molar-refractivity contribution in [2.24, 2.45) is 5.92 Å². The van der Waals surface area contributed by atoms with E-state index in [1.165, 1.54) is 12.1 Å². The van der Waals surface area contributed by atoms with Gasteiger partial charge in [-0.15, -0.1) is 0 Å². The van der Waals surface area contributed by atoms with Crippen molar-refractivity contribution in [3.63, 3.8) is 0 Å². The average Bonchev–Trinajstić information content (AvgIpc) is 3.28. The largest absolute Gasteiger partial charge is 0.371 e. The lowest BCUT2D eigenvalue weighted by Crippen LogP contribution is -2.32. The molecule has 5 heteroatoms. The number of nitrogens with zero attached hydrogens (tertiary/aromatic N) is 1. The molecule has 1 aliphatic rings. The number of hydrogen-bond acceptors (Lipinski definition) is 2. The number of aromatic nitrogens is 1. The molecule has 4 rings (SSSR count). The molecule has 0 aliphatic carbocycles. The number of H-pyrrole nitrogens is 1. The Morgan fingerprint density at radius 1 is 1.19 bits per heavy atom. The minimum absolute atomic E-state index is 0.0509. The van der Waals surface area contributed by atoms with Crippen LogP contribution < -0.4 is 10.2 Å². The highest BCUT2D eigenvalue weighted by Gasteiger charge is 2.23. The van der Waals surface area contributed by atoms with Crippen LogP contribution in [0.15, 0.2) is 54.7 Å². The van der Waals surface area contributed by atoms with Gasteiger partial charge in [-0.1, -0.05) is 18.2 Å². The van der Waals surface area contributed by atoms with Crippen molar-refractivity contribution < 1.29 is 9.18 Å². The Balaban J connectivity index is 1.29. The van der Waals surface area contributed by atoms with Crippen molar-refractivity contribution in [2.45, 2.75) is 12.8 Å². The molecule has 2 heterocycles. The highest BCUT2D eigenvalue weighted by atomic mass is 19.1. The molecule has 1 amide bonds. The molecule has 2 aromatic carbocycles. The van der Waals surface area contributed by atoms with Crippen molar-refractivity contribution >= 4 is 22.5 Å². The van der Waals surface area contributed by atoms with Gasteiger partial charge < -0.3 is 15.2 Å². The lowest BCUT2D eigenvalue weighted by atomic mass is 10.1. The molecule has 134 valence electrons. The molecule has 0 radical (unpaired) electrons. The van der Waals surface area contributed by atoms with Crippen LogP contribution in [0.3, 0.4) is 0 Å². The Hall–Kier alpha value is -2.82. The fourth-order valence-electron chi connectivity index (χ4n) is 3.66. The van der Waals surface area contributed by atoms with Gasteiger partial charge in [0, 0.05) is 42.4 Å². The fourth-order valence-corrected chi connectivity index (χ4v) is 3.66. The number of carbonyl (C=O) groups excluding carboxylic acids is 1. The number of halogens is 1. The van der Waals surface area contributed by atoms with Gasteiger partial charge in [0.2, 0.25) is 5.91 Å². The quantitative estimate of drug-likeness (QED) is 0.739. The Morgan fingerprint density at radius 3 is 2.85 bits per heavy atom. The van der Waals surface area contributed by atoms with Gasteiger partial charge >= 0.3 is 0 Å². The molecule has 1 aromatic heterocycles. The summed E-state index contributed by atoms with van der Waals surface area (Å²) in [6.45, 7) is 2.51. The predicted molar refractivity (Wildman–Crippen MR) is 102 cm³/mol. The van der Waals surface area contributed by atoms with E-state index in [0.717, 1.165) is 41.7 Å². The molecule has 1 unspecified atom stereocenters. The second kappa shape index (κ2) is 7.20. The van der Waals surface area contributed by atoms with Crippen molar-refractivity contribution in [3.8, 4) is 0 Å². The van der Waals surface area contributed by atoms with Crippen molar-refractivity contribution in [3.05, 3.63) is 66.1 Å². The van der Waals surface area contributed by atoms with E-state index < -0.39 is 0 Å². The molecule has 3 aromatic rings. The summed E-state index contributed by atoms with van der Waals surface area (Å²) >= 11 is 0. The van der Waals surface area contributed by atoms with Gasteiger partial charge in [-0.3, -0.25) is 4.79 Å². The van der Waals surface area contributed by atoms with E-state index in [4.69, 9.17) is 0 Å². The van der Waals surface area contributed by atoms with E-state index >= 15 is 0 Å². The number of amides is 1. The summed E-state index contributed by atoms with van der Waals surface area (Å²) in [5.41, 5.74) is 3.12. The molecule has 0 saturated carbocycles. The first-order chi connectivity index (χ1) is 12.7. The number of nitrogens with one attached hydrogen (secondary N) is 2. The number of hydrogen-bond donors (Lipinski definition) is 2. The number of benzene rings is 2. The number of aromatic amines is 1. The summed E-state index contributed by atoms with van der Waals surface area (Å²) in [6.07, 6.45) is 3.33. The average molecular weight is 351 g/mol. The predicted octanol–water partition coefficient (Wildman–Crippen LogP) is 3.49. The minimum atomic E-state index is -0.214. The monoisotopic (exact) mass is 351 g/mol. The van der Waals surface area contributed by atoms with Crippen molar-refractivity contribution in [1.29, 1.82) is 0 Å². The Morgan fingerprint density at radius 2 is 2.00 bits per heavy atom. The van der Waals surface area contributed by atoms with Crippen molar-refractivity contribution in [2.75, 3.05) is 24.5 Å². The maximum absolute atomic E-state index is 13.0. The molecule has 1 atom stereocenters. The second-order valence-corrected chi connectivity index (χ2v) is 6.92. The van der Waals surface area contributed by atoms with Crippen LogP contribution in [0.5, 0.6) is 0 Å². The zero-order chi connectivity index (χ0) is 17.9. The molecule has 26 heavy (non-hydrogen) atoms. The Labute approximate surface area is 152 Å². The van der Waals surface area contributed by atoms with Gasteiger partial charge in [0.1, 0.15) is 5.82 Å². The highest BCUT2D eigenvalue weighted by Crippen LogP contribution is 2.24. The third kappa shape index (κ3) is 3.57. The van der Waals surface area contributed by atoms with E-state index in [-0.39, 0.29) is 11.7 Å². The summed E-state index contributed by atoms with van der Waals surface area (Å²) in [4.78, 5) is 17.8. The van der Waals surface area contributed by atoms with Gasteiger partial charge in [0.15, 0.2) is 0 Å². The third-order valence-electron chi connectivity index (χ3n) is 5.09. The summed E-state index contributed by atoms with van der Waals surface area (Å²) in [5, 5.41) is 4.17. The van der Waals surface area contributed by atoms with E-state index in [0.29, 0.717) is 18.9 Å². The van der Waals surface area contributed by atoms with E-state index in [1.807, 2.05) is 42.6 Å². The van der Waals surface area contributed by atoms with Crippen LogP contribution in [0.4, 0.5) is 10.1 Å². The molecule has 1 fully saturated rings. The lowest BCUT2D eigenvalue weighted by Gasteiger charge is -2.18. The highest BCUT2D eigenvalue weighted by molar-refractivity contribution is 5.88. The van der Waals surface area contributed by atoms with Crippen LogP contribution in [-0.2, 0) is 11.2 Å². The first-order valence-electron chi connectivity index (χ1n) is 9.01. The molecular weight excluding hydrogens is 329 g/mol. The lowest BCUT2D eigenvalue weighted by molar-refractivity contribution is -0.120. The molecule has 4 nitrogen and oxygen atoms in total. The minimum Gasteiger partial charge on any atom is -0.371 e. The van der Waals surface area contributed by atoms with Crippen molar-refractivity contribution in [1.82, 2.24) is 10.3 Å². The van der Waals surface area contributed by atoms with Crippen LogP contribution >= 0.6 is 0 Å². The van der Waals surface area contributed by atoms with Gasteiger partial charge in [-0.25, -0.2) is 4.39 Å². The number of anilines is 1. The molecule has 0 spiro atoms. The van der Waals surface area contributed by atoms with Crippen LogP contribution in [0.1, 0.15) is 12.0 Å². The SMILES string of the molecule is O=C(Cc1c[nH]c2ccccc12)NCC1CCN(c2ccc(F)cc2)C1. The van der Waals surface area contributed by atoms with E-state index in [9.17, 15) is 9.18 Å². The number of para-hydroxylation sites is 1. The fraction of sp³-hybridized carbons (Fsp3) is 0.286. The van der Waals surface area contributed by atoms with Gasteiger partial charge in [-0.2, -0.15) is 0 Å². The number of rotatable bonds is 5. The zero-order valence-electron chi connectivity index (χ0n) is 14.5. The van der Waals surface area contributed by atoms with E-state index in [2.05, 4.69) is 15.2 Å². The van der Waals surface area contributed by atoms with Gasteiger partial charge in [0.05, 0.1) is 6.42 Å². The molecule has 2 N–H and O–H groups in total. The van der Waals surface area contributed by atoms with Crippen LogP contribution in [-0.4, -0.2) is 30.5 Å². The second-order valence-electron chi connectivity index (χ2n) is 6.92. The first-order valence-corrected chi connectivity index (χ1v) is 9.01. The third-order valence-corrected chi connectivity index (χ3v) is 5.09. The molecular formula is C21H22FN3O. The summed E-state index contributed by atoms with van der Waals surface area (Å²) < 4.78 is 13.0. The maximum atomic E-state index is 13.0. The topological polar surface area (TPSA) is 48.1 Å².